The van der Waals surface area contributed by atoms with E-state index in [-0.39, 0.29) is 34.8 Å². The van der Waals surface area contributed by atoms with Crippen LogP contribution in [-0.2, 0) is 21.0 Å². The molecule has 270 valence electrons. The van der Waals surface area contributed by atoms with Crippen LogP contribution < -0.4 is 14.8 Å². The van der Waals surface area contributed by atoms with Gasteiger partial charge in [-0.2, -0.15) is 4.99 Å². The topological polar surface area (TPSA) is 97.3 Å². The second kappa shape index (κ2) is 19.0. The molecule has 11 heteroatoms. The van der Waals surface area contributed by atoms with Gasteiger partial charge in [0.15, 0.2) is 16.7 Å². The van der Waals surface area contributed by atoms with Gasteiger partial charge >= 0.3 is 0 Å². The predicted octanol–water partition coefficient (Wildman–Crippen LogP) is 8.80. The second-order valence-corrected chi connectivity index (χ2v) is 13.6. The number of rotatable bonds is 14. The van der Waals surface area contributed by atoms with E-state index in [9.17, 15) is 18.8 Å². The summed E-state index contributed by atoms with van der Waals surface area (Å²) >= 11 is 3.08. The van der Waals surface area contributed by atoms with Crippen molar-refractivity contribution in [3.05, 3.63) is 171 Å². The maximum Gasteiger partial charge on any atom is 0.285 e. The van der Waals surface area contributed by atoms with E-state index < -0.39 is 17.9 Å². The molecule has 0 unspecified atom stereocenters. The van der Waals surface area contributed by atoms with Crippen LogP contribution in [0.25, 0.3) is 6.08 Å². The van der Waals surface area contributed by atoms with E-state index in [1.54, 1.807) is 55.5 Å². The smallest absolute Gasteiger partial charge is 0.285 e. The standard InChI is InChI=1S/C42H37FIN3O5S/c1-4-7-21-33(5-2)47-41(50)34(23-29-24-35(44)39(36(25-29)51-6-3)52-26-28-15-14-20-32(43)22-28)40(49)46-42(47)53-27-37(48)45-38(30-16-10-8-11-17-30)31-18-12-9-13-19-31/h4-5,7-25,38H,1,6,26-27H2,2-3H3,(H,45,48)/b21-7-,33-5+,34-23+. The highest BCUT2D eigenvalue weighted by Gasteiger charge is 2.35. The number of nitrogens with one attached hydrogen (secondary N) is 1. The molecule has 8 nitrogen and oxygen atoms in total. The summed E-state index contributed by atoms with van der Waals surface area (Å²) in [5, 5.41) is 3.16. The van der Waals surface area contributed by atoms with E-state index in [1.165, 1.54) is 23.1 Å². The van der Waals surface area contributed by atoms with E-state index in [4.69, 9.17) is 9.47 Å². The molecule has 0 bridgehead atoms. The Labute approximate surface area is 326 Å². The van der Waals surface area contributed by atoms with Crippen molar-refractivity contribution in [2.45, 2.75) is 26.5 Å². The Morgan fingerprint density at radius 2 is 1.70 bits per heavy atom. The molecule has 5 rings (SSSR count). The fourth-order valence-corrected chi connectivity index (χ4v) is 7.01. The van der Waals surface area contributed by atoms with Crippen LogP contribution in [-0.4, -0.2) is 40.1 Å². The van der Waals surface area contributed by atoms with Crippen LogP contribution in [0.2, 0.25) is 0 Å². The number of carbonyl (C=O) groups is 3. The number of amidine groups is 1. The summed E-state index contributed by atoms with van der Waals surface area (Å²) in [5.74, 6) is -1.29. The fourth-order valence-electron chi connectivity index (χ4n) is 5.42. The number of thioether (sulfide) groups is 1. The largest absolute Gasteiger partial charge is 0.490 e. The Bertz CT molecular complexity index is 2060. The SMILES string of the molecule is C=C/C=C\C(=C/C)N1C(=O)/C(=C/c2cc(I)c(OCc3cccc(F)c3)c(OCC)c2)C(=O)N=C1SCC(=O)NC(c1ccccc1)c1ccccc1. The third kappa shape index (κ3) is 10.2. The van der Waals surface area contributed by atoms with Crippen LogP contribution in [0.1, 0.15) is 42.1 Å². The van der Waals surface area contributed by atoms with E-state index >= 15 is 0 Å². The molecule has 0 spiro atoms. The van der Waals surface area contributed by atoms with E-state index in [0.717, 1.165) is 22.9 Å². The fraction of sp³-hybridized carbons (Fsp3) is 0.143. The summed E-state index contributed by atoms with van der Waals surface area (Å²) in [5.41, 5.74) is 3.24. The van der Waals surface area contributed by atoms with E-state index in [2.05, 4.69) is 39.5 Å². The lowest BCUT2D eigenvalue weighted by Crippen LogP contribution is -2.42. The number of ether oxygens (including phenoxy) is 2. The van der Waals surface area contributed by atoms with Gasteiger partial charge in [-0.1, -0.05) is 109 Å². The Balaban J connectivity index is 1.42. The minimum absolute atomic E-state index is 0.0655. The van der Waals surface area contributed by atoms with Gasteiger partial charge in [0.1, 0.15) is 18.0 Å². The van der Waals surface area contributed by atoms with Crippen molar-refractivity contribution in [2.75, 3.05) is 12.4 Å². The lowest BCUT2D eigenvalue weighted by molar-refractivity contribution is -0.126. The summed E-state index contributed by atoms with van der Waals surface area (Å²) in [6.45, 7) is 7.75. The van der Waals surface area contributed by atoms with Gasteiger partial charge in [-0.25, -0.2) is 4.39 Å². The maximum atomic E-state index is 14.2. The first-order chi connectivity index (χ1) is 25.7. The first-order valence-corrected chi connectivity index (χ1v) is 18.8. The van der Waals surface area contributed by atoms with Gasteiger partial charge < -0.3 is 14.8 Å². The molecule has 3 amide bonds. The van der Waals surface area contributed by atoms with Gasteiger partial charge in [-0.05, 0) is 95.1 Å². The molecule has 4 aromatic carbocycles. The lowest BCUT2D eigenvalue weighted by atomic mass is 9.99. The first kappa shape index (κ1) is 38.9. The number of hydrogen-bond acceptors (Lipinski definition) is 6. The van der Waals surface area contributed by atoms with Crippen molar-refractivity contribution in [3.8, 4) is 11.5 Å². The molecular formula is C42H37FIN3O5S. The number of amides is 3. The zero-order valence-electron chi connectivity index (χ0n) is 29.1. The highest BCUT2D eigenvalue weighted by Crippen LogP contribution is 2.36. The zero-order valence-corrected chi connectivity index (χ0v) is 32.1. The van der Waals surface area contributed by atoms with Crippen LogP contribution in [0.5, 0.6) is 11.5 Å². The molecule has 4 aromatic rings. The van der Waals surface area contributed by atoms with Gasteiger partial charge in [-0.3, -0.25) is 19.3 Å². The van der Waals surface area contributed by atoms with E-state index in [0.29, 0.717) is 38.5 Å². The van der Waals surface area contributed by atoms with Crippen molar-refractivity contribution in [1.82, 2.24) is 10.2 Å². The van der Waals surface area contributed by atoms with Crippen molar-refractivity contribution in [1.29, 1.82) is 0 Å². The Morgan fingerprint density at radius 1 is 1.00 bits per heavy atom. The molecule has 0 aliphatic carbocycles. The molecule has 0 saturated heterocycles. The predicted molar refractivity (Wildman–Crippen MR) is 217 cm³/mol. The lowest BCUT2D eigenvalue weighted by Gasteiger charge is -2.28. The van der Waals surface area contributed by atoms with Crippen molar-refractivity contribution in [2.24, 2.45) is 4.99 Å². The monoisotopic (exact) mass is 841 g/mol. The minimum atomic E-state index is -0.747. The molecule has 0 atom stereocenters. The molecule has 1 heterocycles. The van der Waals surface area contributed by atoms with Gasteiger partial charge in [-0.15, -0.1) is 0 Å². The van der Waals surface area contributed by atoms with Crippen LogP contribution in [0.4, 0.5) is 4.39 Å². The average molecular weight is 842 g/mol. The highest BCUT2D eigenvalue weighted by molar-refractivity contribution is 14.1. The summed E-state index contributed by atoms with van der Waals surface area (Å²) in [6.07, 6.45) is 8.09. The molecule has 53 heavy (non-hydrogen) atoms. The Morgan fingerprint density at radius 3 is 2.32 bits per heavy atom. The highest BCUT2D eigenvalue weighted by atomic mass is 127. The van der Waals surface area contributed by atoms with Crippen LogP contribution in [0, 0.1) is 9.39 Å². The zero-order chi connectivity index (χ0) is 37.7. The van der Waals surface area contributed by atoms with E-state index in [1.807, 2.05) is 67.6 Å². The second-order valence-electron chi connectivity index (χ2n) is 11.5. The molecule has 0 aromatic heterocycles. The van der Waals surface area contributed by atoms with Gasteiger partial charge in [0.05, 0.1) is 22.0 Å². The third-order valence-corrected chi connectivity index (χ3v) is 9.57. The van der Waals surface area contributed by atoms with Crippen LogP contribution >= 0.6 is 34.4 Å². The van der Waals surface area contributed by atoms with Crippen molar-refractivity contribution < 1.29 is 28.2 Å². The molecule has 1 aliphatic heterocycles. The number of halogens is 2. The van der Waals surface area contributed by atoms with Gasteiger partial charge in [0, 0.05) is 5.70 Å². The summed E-state index contributed by atoms with van der Waals surface area (Å²) in [6, 6.07) is 28.4. The molecular weight excluding hydrogens is 804 g/mol. The average Bonchev–Trinajstić information content (AvgIpc) is 3.16. The Kier molecular flexibility index (Phi) is 14.0. The van der Waals surface area contributed by atoms with Crippen molar-refractivity contribution in [3.63, 3.8) is 0 Å². The first-order valence-electron chi connectivity index (χ1n) is 16.7. The quantitative estimate of drug-likeness (QED) is 0.0591. The van der Waals surface area contributed by atoms with Crippen LogP contribution in [0.3, 0.4) is 0 Å². The number of nitrogens with zero attached hydrogens (tertiary/aromatic N) is 2. The number of aliphatic imine (C=N–C) groups is 1. The van der Waals surface area contributed by atoms with Crippen LogP contribution in [0.15, 0.2) is 144 Å². The molecule has 0 radical (unpaired) electrons. The van der Waals surface area contributed by atoms with Crippen molar-refractivity contribution >= 4 is 63.3 Å². The number of allylic oxidation sites excluding steroid dienone is 4. The number of hydrogen-bond donors (Lipinski definition) is 1. The minimum Gasteiger partial charge on any atom is -0.490 e. The summed E-state index contributed by atoms with van der Waals surface area (Å²) in [7, 11) is 0. The van der Waals surface area contributed by atoms with Gasteiger partial charge in [0.25, 0.3) is 11.8 Å². The Hall–Kier alpha value is -5.27. The number of carbonyl (C=O) groups excluding carboxylic acids is 3. The number of benzene rings is 4. The molecule has 1 N–H and O–H groups in total. The molecule has 0 saturated carbocycles. The van der Waals surface area contributed by atoms with Gasteiger partial charge in [0.2, 0.25) is 5.91 Å². The normalized spacial score (nSPS) is 14.1. The maximum absolute atomic E-state index is 14.2. The third-order valence-electron chi connectivity index (χ3n) is 7.83. The molecule has 0 fully saturated rings. The molecule has 1 aliphatic rings. The summed E-state index contributed by atoms with van der Waals surface area (Å²) < 4.78 is 26.3. The summed E-state index contributed by atoms with van der Waals surface area (Å²) in [4.78, 5) is 46.9.